The highest BCUT2D eigenvalue weighted by atomic mass is 32.1. The smallest absolute Gasteiger partial charge is 0.263 e. The summed E-state index contributed by atoms with van der Waals surface area (Å²) < 4.78 is 1.43. The number of amides is 1. The molecule has 7 nitrogen and oxygen atoms in total. The molecule has 32 heavy (non-hydrogen) atoms. The Balaban J connectivity index is 1.69. The van der Waals surface area contributed by atoms with Crippen LogP contribution in [-0.4, -0.2) is 25.7 Å². The number of nitrogens with one attached hydrogen (secondary N) is 1. The molecule has 1 aromatic carbocycles. The Morgan fingerprint density at radius 3 is 2.53 bits per heavy atom. The van der Waals surface area contributed by atoms with Crippen LogP contribution in [0.5, 0.6) is 0 Å². The second-order valence-corrected chi connectivity index (χ2v) is 9.72. The highest BCUT2D eigenvalue weighted by molar-refractivity contribution is 7.17. The van der Waals surface area contributed by atoms with Crippen molar-refractivity contribution in [2.24, 2.45) is 0 Å². The zero-order valence-corrected chi connectivity index (χ0v) is 20.1. The SMILES string of the molecule is CCc1ccc(-c2csc3ncn(C(CC)C(=O)Nc4nnc(C(C)C)s4)c(=O)c23)cc1. The van der Waals surface area contributed by atoms with Gasteiger partial charge >= 0.3 is 0 Å². The van der Waals surface area contributed by atoms with Gasteiger partial charge in [-0.3, -0.25) is 19.5 Å². The van der Waals surface area contributed by atoms with Crippen LogP contribution in [0, 0.1) is 0 Å². The minimum atomic E-state index is -0.694. The second-order valence-electron chi connectivity index (χ2n) is 7.85. The van der Waals surface area contributed by atoms with Gasteiger partial charge in [-0.2, -0.15) is 0 Å². The summed E-state index contributed by atoms with van der Waals surface area (Å²) in [6.45, 7) is 8.03. The van der Waals surface area contributed by atoms with Gasteiger partial charge in [0.2, 0.25) is 11.0 Å². The lowest BCUT2D eigenvalue weighted by molar-refractivity contribution is -0.119. The van der Waals surface area contributed by atoms with Crippen LogP contribution in [0.15, 0.2) is 40.8 Å². The fourth-order valence-electron chi connectivity index (χ4n) is 3.52. The van der Waals surface area contributed by atoms with Crippen LogP contribution < -0.4 is 10.9 Å². The van der Waals surface area contributed by atoms with Gasteiger partial charge in [-0.25, -0.2) is 4.98 Å². The normalized spacial score (nSPS) is 12.4. The molecule has 3 heterocycles. The van der Waals surface area contributed by atoms with Gasteiger partial charge in [0.25, 0.3) is 5.56 Å². The van der Waals surface area contributed by atoms with E-state index in [2.05, 4.69) is 39.6 Å². The molecule has 1 atom stereocenters. The second kappa shape index (κ2) is 9.30. The molecule has 0 radical (unpaired) electrons. The van der Waals surface area contributed by atoms with E-state index in [0.717, 1.165) is 22.6 Å². The molecule has 9 heteroatoms. The van der Waals surface area contributed by atoms with Crippen molar-refractivity contribution < 1.29 is 4.79 Å². The minimum absolute atomic E-state index is 0.215. The molecule has 166 valence electrons. The third kappa shape index (κ3) is 4.22. The first-order chi connectivity index (χ1) is 15.4. The van der Waals surface area contributed by atoms with Gasteiger partial charge in [-0.15, -0.1) is 21.5 Å². The number of carbonyl (C=O) groups excluding carboxylic acids is 1. The highest BCUT2D eigenvalue weighted by Gasteiger charge is 2.24. The largest absolute Gasteiger partial charge is 0.299 e. The predicted octanol–water partition coefficient (Wildman–Crippen LogP) is 5.25. The molecule has 1 amide bonds. The zero-order valence-electron chi connectivity index (χ0n) is 18.5. The summed E-state index contributed by atoms with van der Waals surface area (Å²) in [6.07, 6.45) is 2.87. The van der Waals surface area contributed by atoms with Crippen molar-refractivity contribution in [3.05, 3.63) is 56.9 Å². The molecular weight excluding hydrogens is 442 g/mol. The quantitative estimate of drug-likeness (QED) is 0.401. The van der Waals surface area contributed by atoms with Crippen LogP contribution in [0.1, 0.15) is 56.6 Å². The Bertz CT molecular complexity index is 1300. The Morgan fingerprint density at radius 1 is 1.16 bits per heavy atom. The summed E-state index contributed by atoms with van der Waals surface area (Å²) in [5.74, 6) is -0.0657. The van der Waals surface area contributed by atoms with Crippen LogP contribution in [0.25, 0.3) is 21.3 Å². The fourth-order valence-corrected chi connectivity index (χ4v) is 5.17. The molecular formula is C23H25N5O2S2. The molecule has 0 bridgehead atoms. The number of carbonyl (C=O) groups is 1. The van der Waals surface area contributed by atoms with E-state index in [4.69, 9.17) is 0 Å². The van der Waals surface area contributed by atoms with Gasteiger partial charge in [-0.05, 0) is 24.0 Å². The number of aromatic nitrogens is 4. The lowest BCUT2D eigenvalue weighted by Crippen LogP contribution is -2.33. The van der Waals surface area contributed by atoms with Gasteiger partial charge in [0.05, 0.1) is 11.7 Å². The molecule has 0 fully saturated rings. The van der Waals surface area contributed by atoms with Crippen LogP contribution in [-0.2, 0) is 11.2 Å². The average molecular weight is 468 g/mol. The highest BCUT2D eigenvalue weighted by Crippen LogP contribution is 2.31. The van der Waals surface area contributed by atoms with Crippen molar-refractivity contribution in [3.63, 3.8) is 0 Å². The van der Waals surface area contributed by atoms with E-state index in [0.29, 0.717) is 21.8 Å². The molecule has 4 rings (SSSR count). The van der Waals surface area contributed by atoms with Gasteiger partial charge in [0.15, 0.2) is 0 Å². The lowest BCUT2D eigenvalue weighted by Gasteiger charge is -2.16. The molecule has 1 unspecified atom stereocenters. The molecule has 0 saturated carbocycles. The number of fused-ring (bicyclic) bond motifs is 1. The van der Waals surface area contributed by atoms with E-state index in [1.54, 1.807) is 0 Å². The van der Waals surface area contributed by atoms with E-state index >= 15 is 0 Å². The molecule has 0 aliphatic rings. The molecule has 0 aliphatic carbocycles. The number of hydrogen-bond acceptors (Lipinski definition) is 7. The summed E-state index contributed by atoms with van der Waals surface area (Å²) >= 11 is 2.78. The topological polar surface area (TPSA) is 89.8 Å². The van der Waals surface area contributed by atoms with Crippen LogP contribution >= 0.6 is 22.7 Å². The standard InChI is InChI=1S/C23H25N5O2S2/c1-5-14-7-9-15(10-8-14)16-11-31-21-18(16)22(30)28(12-24-21)17(6-2)19(29)25-23-27-26-20(32-23)13(3)4/h7-13,17H,5-6H2,1-4H3,(H,25,27,29). The van der Waals surface area contributed by atoms with Gasteiger partial charge in [-0.1, -0.05) is 63.3 Å². The van der Waals surface area contributed by atoms with E-state index in [1.807, 2.05) is 38.3 Å². The predicted molar refractivity (Wildman–Crippen MR) is 131 cm³/mol. The number of nitrogens with zero attached hydrogens (tertiary/aromatic N) is 4. The first-order valence-corrected chi connectivity index (χ1v) is 12.3. The van der Waals surface area contributed by atoms with Crippen molar-refractivity contribution >= 4 is 43.9 Å². The lowest BCUT2D eigenvalue weighted by atomic mass is 10.0. The fraction of sp³-hybridized carbons (Fsp3) is 0.348. The summed E-state index contributed by atoms with van der Waals surface area (Å²) in [4.78, 5) is 31.7. The molecule has 3 aromatic heterocycles. The van der Waals surface area contributed by atoms with Gasteiger partial charge in [0, 0.05) is 16.9 Å². The van der Waals surface area contributed by atoms with E-state index < -0.39 is 6.04 Å². The molecule has 0 aliphatic heterocycles. The maximum absolute atomic E-state index is 13.5. The zero-order chi connectivity index (χ0) is 22.8. The van der Waals surface area contributed by atoms with Crippen molar-refractivity contribution in [1.82, 2.24) is 19.7 Å². The van der Waals surface area contributed by atoms with Crippen LogP contribution in [0.3, 0.4) is 0 Å². The molecule has 0 spiro atoms. The van der Waals surface area contributed by atoms with Gasteiger partial charge in [0.1, 0.15) is 15.9 Å². The Morgan fingerprint density at radius 2 is 1.91 bits per heavy atom. The van der Waals surface area contributed by atoms with Crippen molar-refractivity contribution in [2.75, 3.05) is 5.32 Å². The summed E-state index contributed by atoms with van der Waals surface area (Å²) in [5.41, 5.74) is 2.84. The number of anilines is 1. The third-order valence-electron chi connectivity index (χ3n) is 5.38. The van der Waals surface area contributed by atoms with Crippen LogP contribution in [0.4, 0.5) is 5.13 Å². The van der Waals surface area contributed by atoms with E-state index in [1.165, 1.54) is 39.1 Å². The number of rotatable bonds is 7. The van der Waals surface area contributed by atoms with E-state index in [-0.39, 0.29) is 17.4 Å². The number of hydrogen-bond donors (Lipinski definition) is 1. The monoisotopic (exact) mass is 467 g/mol. The first-order valence-electron chi connectivity index (χ1n) is 10.6. The van der Waals surface area contributed by atoms with Crippen molar-refractivity contribution in [2.45, 2.75) is 52.5 Å². The number of aryl methyl sites for hydroxylation is 1. The first kappa shape index (κ1) is 22.3. The summed E-state index contributed by atoms with van der Waals surface area (Å²) in [7, 11) is 0. The number of benzene rings is 1. The Kier molecular flexibility index (Phi) is 6.48. The summed E-state index contributed by atoms with van der Waals surface area (Å²) in [6, 6.07) is 7.51. The maximum Gasteiger partial charge on any atom is 0.263 e. The molecule has 0 saturated heterocycles. The Hall–Kier alpha value is -2.91. The van der Waals surface area contributed by atoms with Crippen molar-refractivity contribution in [3.8, 4) is 11.1 Å². The summed E-state index contributed by atoms with van der Waals surface area (Å²) in [5, 5.41) is 14.8. The minimum Gasteiger partial charge on any atom is -0.299 e. The van der Waals surface area contributed by atoms with Crippen molar-refractivity contribution in [1.29, 1.82) is 0 Å². The van der Waals surface area contributed by atoms with Crippen LogP contribution in [0.2, 0.25) is 0 Å². The number of thiophene rings is 1. The Labute approximate surface area is 194 Å². The molecule has 1 N–H and O–H groups in total. The van der Waals surface area contributed by atoms with Gasteiger partial charge < -0.3 is 0 Å². The maximum atomic E-state index is 13.5. The average Bonchev–Trinajstić information content (AvgIpc) is 3.43. The molecule has 4 aromatic rings. The third-order valence-corrected chi connectivity index (χ3v) is 7.41. The van der Waals surface area contributed by atoms with E-state index in [9.17, 15) is 9.59 Å².